The highest BCUT2D eigenvalue weighted by Gasteiger charge is 2.12. The van der Waals surface area contributed by atoms with Crippen molar-refractivity contribution in [3.63, 3.8) is 0 Å². The topological polar surface area (TPSA) is 69.6 Å². The molecule has 0 aliphatic carbocycles. The minimum atomic E-state index is 0.520. The summed E-state index contributed by atoms with van der Waals surface area (Å²) in [6, 6.07) is 0. The van der Waals surface area contributed by atoms with Crippen LogP contribution in [0.5, 0.6) is 0 Å². The summed E-state index contributed by atoms with van der Waals surface area (Å²) < 4.78 is 7.24. The van der Waals surface area contributed by atoms with Crippen molar-refractivity contribution in [2.24, 2.45) is 5.92 Å². The predicted molar refractivity (Wildman–Crippen MR) is 77.4 cm³/mol. The van der Waals surface area contributed by atoms with Crippen molar-refractivity contribution in [3.8, 4) is 0 Å². The zero-order valence-electron chi connectivity index (χ0n) is 12.0. The summed E-state index contributed by atoms with van der Waals surface area (Å²) in [5.41, 5.74) is 0. The van der Waals surface area contributed by atoms with Crippen molar-refractivity contribution in [2.75, 3.05) is 0 Å². The standard InChI is InChI=1S/C13H19N5OS/c1-5-6-18-10(4)15-16-13(18)20-8-12-14-11(17-19-12)7-9(2)3/h5,9H,1,6-8H2,2-4H3. The molecule has 0 unspecified atom stereocenters. The maximum absolute atomic E-state index is 5.23. The van der Waals surface area contributed by atoms with E-state index in [4.69, 9.17) is 4.52 Å². The van der Waals surface area contributed by atoms with Gasteiger partial charge < -0.3 is 9.09 Å². The average molecular weight is 293 g/mol. The molecule has 6 nitrogen and oxygen atoms in total. The molecule has 0 saturated heterocycles. The molecule has 0 amide bonds. The van der Waals surface area contributed by atoms with E-state index >= 15 is 0 Å². The quantitative estimate of drug-likeness (QED) is 0.577. The molecule has 108 valence electrons. The van der Waals surface area contributed by atoms with Crippen LogP contribution < -0.4 is 0 Å². The monoisotopic (exact) mass is 293 g/mol. The van der Waals surface area contributed by atoms with E-state index < -0.39 is 0 Å². The van der Waals surface area contributed by atoms with Gasteiger partial charge in [-0.05, 0) is 12.8 Å². The number of nitrogens with zero attached hydrogens (tertiary/aromatic N) is 5. The van der Waals surface area contributed by atoms with Crippen molar-refractivity contribution in [1.82, 2.24) is 24.9 Å². The Morgan fingerprint density at radius 2 is 2.20 bits per heavy atom. The van der Waals surface area contributed by atoms with E-state index in [2.05, 4.69) is 40.8 Å². The van der Waals surface area contributed by atoms with E-state index in [1.165, 1.54) is 11.8 Å². The van der Waals surface area contributed by atoms with Gasteiger partial charge >= 0.3 is 0 Å². The molecule has 2 heterocycles. The van der Waals surface area contributed by atoms with Gasteiger partial charge in [0.05, 0.1) is 5.75 Å². The number of aryl methyl sites for hydroxylation is 1. The molecule has 7 heteroatoms. The normalized spacial score (nSPS) is 11.2. The molecule has 0 radical (unpaired) electrons. The minimum Gasteiger partial charge on any atom is -0.338 e. The summed E-state index contributed by atoms with van der Waals surface area (Å²) in [5, 5.41) is 13.0. The summed E-state index contributed by atoms with van der Waals surface area (Å²) >= 11 is 1.54. The fourth-order valence-electron chi connectivity index (χ4n) is 1.73. The fraction of sp³-hybridized carbons (Fsp3) is 0.538. The van der Waals surface area contributed by atoms with Crippen molar-refractivity contribution in [1.29, 1.82) is 0 Å². The summed E-state index contributed by atoms with van der Waals surface area (Å²) in [6.45, 7) is 10.6. The Hall–Kier alpha value is -1.63. The molecule has 0 saturated carbocycles. The number of thioether (sulfide) groups is 1. The van der Waals surface area contributed by atoms with E-state index in [-0.39, 0.29) is 0 Å². The van der Waals surface area contributed by atoms with Crippen LogP contribution in [0.15, 0.2) is 22.3 Å². The second-order valence-electron chi connectivity index (χ2n) is 4.92. The third-order valence-corrected chi connectivity index (χ3v) is 3.59. The zero-order valence-corrected chi connectivity index (χ0v) is 12.9. The molecule has 2 rings (SSSR count). The van der Waals surface area contributed by atoms with Gasteiger partial charge in [0.2, 0.25) is 5.89 Å². The number of rotatable bonds is 7. The molecule has 20 heavy (non-hydrogen) atoms. The van der Waals surface area contributed by atoms with Crippen molar-refractivity contribution >= 4 is 11.8 Å². The predicted octanol–water partition coefficient (Wildman–Crippen LogP) is 2.65. The van der Waals surface area contributed by atoms with Crippen molar-refractivity contribution in [2.45, 2.75) is 44.6 Å². The van der Waals surface area contributed by atoms with Crippen LogP contribution in [0.3, 0.4) is 0 Å². The summed E-state index contributed by atoms with van der Waals surface area (Å²) in [6.07, 6.45) is 2.66. The Morgan fingerprint density at radius 1 is 1.40 bits per heavy atom. The highest BCUT2D eigenvalue weighted by molar-refractivity contribution is 7.98. The van der Waals surface area contributed by atoms with Crippen molar-refractivity contribution < 1.29 is 4.52 Å². The van der Waals surface area contributed by atoms with Crippen LogP contribution in [0, 0.1) is 12.8 Å². The van der Waals surface area contributed by atoms with Crippen LogP contribution in [0.1, 0.15) is 31.4 Å². The zero-order chi connectivity index (χ0) is 14.5. The second kappa shape index (κ2) is 6.69. The van der Waals surface area contributed by atoms with E-state index in [1.807, 2.05) is 17.6 Å². The van der Waals surface area contributed by atoms with Gasteiger partial charge in [-0.2, -0.15) is 4.98 Å². The van der Waals surface area contributed by atoms with Crippen LogP contribution >= 0.6 is 11.8 Å². The molecule has 0 spiro atoms. The summed E-state index contributed by atoms with van der Waals surface area (Å²) in [5.74, 6) is 3.38. The lowest BCUT2D eigenvalue weighted by molar-refractivity contribution is 0.382. The first-order valence-electron chi connectivity index (χ1n) is 6.55. The van der Waals surface area contributed by atoms with Gasteiger partial charge in [0, 0.05) is 13.0 Å². The third-order valence-electron chi connectivity index (χ3n) is 2.64. The smallest absolute Gasteiger partial charge is 0.237 e. The van der Waals surface area contributed by atoms with E-state index in [0.717, 1.165) is 23.2 Å². The fourth-order valence-corrected chi connectivity index (χ4v) is 2.56. The second-order valence-corrected chi connectivity index (χ2v) is 5.86. The molecular formula is C13H19N5OS. The highest BCUT2D eigenvalue weighted by Crippen LogP contribution is 2.21. The van der Waals surface area contributed by atoms with Crippen LogP contribution in [0.4, 0.5) is 0 Å². The van der Waals surface area contributed by atoms with Crippen LogP contribution in [-0.4, -0.2) is 24.9 Å². The molecule has 0 atom stereocenters. The Morgan fingerprint density at radius 3 is 2.90 bits per heavy atom. The molecule has 2 aromatic heterocycles. The van der Waals surface area contributed by atoms with E-state index in [1.54, 1.807) is 0 Å². The Bertz CT molecular complexity index is 575. The van der Waals surface area contributed by atoms with Crippen molar-refractivity contribution in [3.05, 3.63) is 30.2 Å². The number of hydrogen-bond acceptors (Lipinski definition) is 6. The summed E-state index contributed by atoms with van der Waals surface area (Å²) in [4.78, 5) is 4.37. The summed E-state index contributed by atoms with van der Waals surface area (Å²) in [7, 11) is 0. The molecule has 0 aliphatic rings. The highest BCUT2D eigenvalue weighted by atomic mass is 32.2. The Kier molecular flexibility index (Phi) is 4.94. The van der Waals surface area contributed by atoms with Gasteiger partial charge in [-0.1, -0.05) is 36.8 Å². The molecule has 0 N–H and O–H groups in total. The van der Waals surface area contributed by atoms with E-state index in [0.29, 0.717) is 24.1 Å². The van der Waals surface area contributed by atoms with Gasteiger partial charge in [0.15, 0.2) is 11.0 Å². The number of allylic oxidation sites excluding steroid dienone is 1. The lowest BCUT2D eigenvalue weighted by Gasteiger charge is -2.03. The maximum Gasteiger partial charge on any atom is 0.237 e. The molecule has 0 aliphatic heterocycles. The van der Waals surface area contributed by atoms with Gasteiger partial charge in [0.1, 0.15) is 5.82 Å². The van der Waals surface area contributed by atoms with Crippen LogP contribution in [0.2, 0.25) is 0 Å². The lowest BCUT2D eigenvalue weighted by atomic mass is 10.1. The average Bonchev–Trinajstić information content (AvgIpc) is 2.96. The number of hydrogen-bond donors (Lipinski definition) is 0. The molecule has 0 fully saturated rings. The Balaban J connectivity index is 1.98. The van der Waals surface area contributed by atoms with Gasteiger partial charge in [-0.15, -0.1) is 16.8 Å². The van der Waals surface area contributed by atoms with Gasteiger partial charge in [-0.3, -0.25) is 0 Å². The van der Waals surface area contributed by atoms with Gasteiger partial charge in [0.25, 0.3) is 0 Å². The SMILES string of the molecule is C=CCn1c(C)nnc1SCc1nc(CC(C)C)no1. The minimum absolute atomic E-state index is 0.520. The van der Waals surface area contributed by atoms with Gasteiger partial charge in [-0.25, -0.2) is 0 Å². The Labute approximate surface area is 122 Å². The number of aromatic nitrogens is 5. The molecule has 0 bridgehead atoms. The first kappa shape index (κ1) is 14.8. The van der Waals surface area contributed by atoms with Crippen LogP contribution in [-0.2, 0) is 18.7 Å². The largest absolute Gasteiger partial charge is 0.338 e. The molecular weight excluding hydrogens is 274 g/mol. The first-order chi connectivity index (χ1) is 9.60. The lowest BCUT2D eigenvalue weighted by Crippen LogP contribution is -2.00. The van der Waals surface area contributed by atoms with Crippen LogP contribution in [0.25, 0.3) is 0 Å². The first-order valence-corrected chi connectivity index (χ1v) is 7.53. The maximum atomic E-state index is 5.23. The third kappa shape index (κ3) is 3.69. The van der Waals surface area contributed by atoms with E-state index in [9.17, 15) is 0 Å². The molecule has 0 aromatic carbocycles. The molecule has 2 aromatic rings.